The van der Waals surface area contributed by atoms with E-state index in [1.54, 1.807) is 0 Å². The van der Waals surface area contributed by atoms with Crippen LogP contribution in [0.2, 0.25) is 0 Å². The van der Waals surface area contributed by atoms with Crippen LogP contribution < -0.4 is 0 Å². The monoisotopic (exact) mass is 342 g/mol. The van der Waals surface area contributed by atoms with Crippen molar-refractivity contribution in [2.75, 3.05) is 0 Å². The van der Waals surface area contributed by atoms with E-state index in [2.05, 4.69) is 0 Å². The molecular formula is C20H38O4. The van der Waals surface area contributed by atoms with Gasteiger partial charge < -0.3 is 10.2 Å². The van der Waals surface area contributed by atoms with Crippen molar-refractivity contribution in [1.82, 2.24) is 0 Å². The molecule has 0 radical (unpaired) electrons. The van der Waals surface area contributed by atoms with Gasteiger partial charge in [-0.3, -0.25) is 9.59 Å². The van der Waals surface area contributed by atoms with E-state index in [-0.39, 0.29) is 0 Å². The van der Waals surface area contributed by atoms with Crippen molar-refractivity contribution in [1.29, 1.82) is 0 Å². The van der Waals surface area contributed by atoms with E-state index in [1.165, 1.54) is 0 Å². The zero-order chi connectivity index (χ0) is 18.6. The Balaban J connectivity index is 6.13. The number of carboxylic acid groups (broad SMARTS) is 2. The molecule has 0 aliphatic heterocycles. The lowest BCUT2D eigenvalue weighted by atomic mass is 9.55. The molecule has 0 saturated heterocycles. The van der Waals surface area contributed by atoms with Crippen molar-refractivity contribution in [2.45, 2.75) is 105 Å². The van der Waals surface area contributed by atoms with Crippen molar-refractivity contribution in [3.05, 3.63) is 0 Å². The molecule has 0 atom stereocenters. The van der Waals surface area contributed by atoms with Crippen LogP contribution in [0.1, 0.15) is 105 Å². The SMILES string of the molecule is CCCCC(CCCC)(C(=O)O)C(CCCC)(CCCC)C(=O)O. The van der Waals surface area contributed by atoms with Gasteiger partial charge in [0.2, 0.25) is 0 Å². The van der Waals surface area contributed by atoms with Crippen LogP contribution in [0.5, 0.6) is 0 Å². The van der Waals surface area contributed by atoms with Gasteiger partial charge in [-0.05, 0) is 25.7 Å². The molecular weight excluding hydrogens is 304 g/mol. The van der Waals surface area contributed by atoms with Gasteiger partial charge in [-0.1, -0.05) is 79.1 Å². The molecule has 0 spiro atoms. The van der Waals surface area contributed by atoms with Gasteiger partial charge in [0.15, 0.2) is 0 Å². The third kappa shape index (κ3) is 5.22. The van der Waals surface area contributed by atoms with Gasteiger partial charge in [-0.2, -0.15) is 0 Å². The van der Waals surface area contributed by atoms with Gasteiger partial charge in [0.25, 0.3) is 0 Å². The maximum Gasteiger partial charge on any atom is 0.310 e. The highest BCUT2D eigenvalue weighted by molar-refractivity contribution is 5.86. The van der Waals surface area contributed by atoms with Crippen LogP contribution in [0.25, 0.3) is 0 Å². The molecule has 0 saturated carbocycles. The molecule has 0 aromatic heterocycles. The van der Waals surface area contributed by atoms with Crippen LogP contribution in [0.3, 0.4) is 0 Å². The number of hydrogen-bond acceptors (Lipinski definition) is 2. The summed E-state index contributed by atoms with van der Waals surface area (Å²) in [5.41, 5.74) is -2.29. The van der Waals surface area contributed by atoms with Crippen LogP contribution in [0.4, 0.5) is 0 Å². The fourth-order valence-electron chi connectivity index (χ4n) is 3.96. The van der Waals surface area contributed by atoms with Crippen molar-refractivity contribution in [3.8, 4) is 0 Å². The zero-order valence-corrected chi connectivity index (χ0v) is 16.2. The zero-order valence-electron chi connectivity index (χ0n) is 16.2. The number of carbonyl (C=O) groups is 2. The summed E-state index contributed by atoms with van der Waals surface area (Å²) in [5, 5.41) is 20.4. The normalized spacial score (nSPS) is 12.3. The Morgan fingerprint density at radius 3 is 0.917 bits per heavy atom. The van der Waals surface area contributed by atoms with E-state index in [4.69, 9.17) is 0 Å². The molecule has 142 valence electrons. The van der Waals surface area contributed by atoms with Crippen LogP contribution in [0.15, 0.2) is 0 Å². The number of rotatable bonds is 15. The largest absolute Gasteiger partial charge is 0.481 e. The summed E-state index contributed by atoms with van der Waals surface area (Å²) >= 11 is 0. The Hall–Kier alpha value is -1.06. The fraction of sp³-hybridized carbons (Fsp3) is 0.900. The average Bonchev–Trinajstić information content (AvgIpc) is 2.55. The first-order chi connectivity index (χ1) is 11.4. The Kier molecular flexibility index (Phi) is 11.0. The Morgan fingerprint density at radius 2 is 0.792 bits per heavy atom. The van der Waals surface area contributed by atoms with Crippen molar-refractivity contribution < 1.29 is 19.8 Å². The van der Waals surface area contributed by atoms with Gasteiger partial charge in [-0.25, -0.2) is 0 Å². The fourth-order valence-corrected chi connectivity index (χ4v) is 3.96. The second-order valence-electron chi connectivity index (χ2n) is 7.19. The molecule has 24 heavy (non-hydrogen) atoms. The molecule has 0 aliphatic rings. The second-order valence-corrected chi connectivity index (χ2v) is 7.19. The Labute approximate surface area is 148 Å². The molecule has 2 N–H and O–H groups in total. The van der Waals surface area contributed by atoms with E-state index in [0.717, 1.165) is 51.4 Å². The Bertz CT molecular complexity index is 324. The van der Waals surface area contributed by atoms with Crippen LogP contribution in [0, 0.1) is 10.8 Å². The molecule has 0 aromatic carbocycles. The lowest BCUT2D eigenvalue weighted by Crippen LogP contribution is -2.53. The van der Waals surface area contributed by atoms with Crippen molar-refractivity contribution >= 4 is 11.9 Å². The molecule has 0 unspecified atom stereocenters. The number of carboxylic acids is 2. The molecule has 0 aliphatic carbocycles. The predicted octanol–water partition coefficient (Wildman–Crippen LogP) is 5.89. The standard InChI is InChI=1S/C20H38O4/c1-5-9-13-19(17(21)22,14-10-6-2)20(18(23)24,15-11-7-3)16-12-8-4/h5-16H2,1-4H3,(H,21,22)(H,23,24). The molecule has 0 fully saturated rings. The first-order valence-corrected chi connectivity index (χ1v) is 9.85. The topological polar surface area (TPSA) is 74.6 Å². The van der Waals surface area contributed by atoms with Crippen molar-refractivity contribution in [3.63, 3.8) is 0 Å². The van der Waals surface area contributed by atoms with E-state index in [1.807, 2.05) is 27.7 Å². The van der Waals surface area contributed by atoms with Gasteiger partial charge in [0, 0.05) is 0 Å². The summed E-state index contributed by atoms with van der Waals surface area (Å²) in [6.45, 7) is 8.14. The summed E-state index contributed by atoms with van der Waals surface area (Å²) in [6, 6.07) is 0. The highest BCUT2D eigenvalue weighted by Crippen LogP contribution is 2.54. The number of hydrogen-bond donors (Lipinski definition) is 2. The van der Waals surface area contributed by atoms with E-state index in [0.29, 0.717) is 25.7 Å². The van der Waals surface area contributed by atoms with Gasteiger partial charge in [0.1, 0.15) is 0 Å². The highest BCUT2D eigenvalue weighted by Gasteiger charge is 2.59. The van der Waals surface area contributed by atoms with Crippen LogP contribution >= 0.6 is 0 Å². The van der Waals surface area contributed by atoms with E-state index in [9.17, 15) is 19.8 Å². The summed E-state index contributed by atoms with van der Waals surface area (Å²) in [5.74, 6) is -1.81. The van der Waals surface area contributed by atoms with Crippen LogP contribution in [-0.2, 0) is 9.59 Å². The lowest BCUT2D eigenvalue weighted by Gasteiger charge is -2.46. The molecule has 0 amide bonds. The molecule has 0 aromatic rings. The lowest BCUT2D eigenvalue weighted by molar-refractivity contribution is -0.179. The number of aliphatic carboxylic acids is 2. The molecule has 0 rings (SSSR count). The smallest absolute Gasteiger partial charge is 0.310 e. The van der Waals surface area contributed by atoms with Gasteiger partial charge >= 0.3 is 11.9 Å². The minimum atomic E-state index is -1.14. The van der Waals surface area contributed by atoms with Crippen LogP contribution in [-0.4, -0.2) is 22.2 Å². The summed E-state index contributed by atoms with van der Waals surface area (Å²) < 4.78 is 0. The van der Waals surface area contributed by atoms with Gasteiger partial charge in [-0.15, -0.1) is 0 Å². The minimum Gasteiger partial charge on any atom is -0.481 e. The van der Waals surface area contributed by atoms with E-state index >= 15 is 0 Å². The molecule has 0 bridgehead atoms. The first-order valence-electron chi connectivity index (χ1n) is 9.85. The summed E-state index contributed by atoms with van der Waals surface area (Å²) in [4.78, 5) is 24.9. The number of unbranched alkanes of at least 4 members (excludes halogenated alkanes) is 4. The second kappa shape index (κ2) is 11.5. The average molecular weight is 343 g/mol. The molecule has 4 nitrogen and oxygen atoms in total. The first kappa shape index (κ1) is 22.9. The molecule has 4 heteroatoms. The summed E-state index contributed by atoms with van der Waals surface area (Å²) in [6.07, 6.45) is 8.50. The van der Waals surface area contributed by atoms with Gasteiger partial charge in [0.05, 0.1) is 10.8 Å². The minimum absolute atomic E-state index is 0.471. The maximum atomic E-state index is 12.4. The quantitative estimate of drug-likeness (QED) is 0.389. The maximum absolute atomic E-state index is 12.4. The van der Waals surface area contributed by atoms with E-state index < -0.39 is 22.8 Å². The molecule has 0 heterocycles. The summed E-state index contributed by atoms with van der Waals surface area (Å²) in [7, 11) is 0. The third-order valence-corrected chi connectivity index (χ3v) is 5.56. The Morgan fingerprint density at radius 1 is 0.583 bits per heavy atom. The van der Waals surface area contributed by atoms with Crippen molar-refractivity contribution in [2.24, 2.45) is 10.8 Å². The predicted molar refractivity (Wildman–Crippen MR) is 98.2 cm³/mol. The highest BCUT2D eigenvalue weighted by atomic mass is 16.4. The third-order valence-electron chi connectivity index (χ3n) is 5.56.